The van der Waals surface area contributed by atoms with Crippen LogP contribution in [0.5, 0.6) is 0 Å². The monoisotopic (exact) mass is 578 g/mol. The molecule has 0 bridgehead atoms. The minimum Gasteiger partial charge on any atom is -0.307 e. The minimum absolute atomic E-state index is 0.599. The van der Waals surface area contributed by atoms with Gasteiger partial charge in [0, 0.05) is 38.5 Å². The van der Waals surface area contributed by atoms with E-state index in [1.807, 2.05) is 55.5 Å². The highest BCUT2D eigenvalue weighted by Gasteiger charge is 2.21. The van der Waals surface area contributed by atoms with Crippen LogP contribution in [0.4, 0.5) is 0 Å². The maximum atomic E-state index is 5.21. The second-order valence-corrected chi connectivity index (χ2v) is 11.2. The van der Waals surface area contributed by atoms with Crippen molar-refractivity contribution in [3.8, 4) is 5.69 Å². The first-order valence-corrected chi connectivity index (χ1v) is 15.1. The Labute approximate surface area is 261 Å². The lowest BCUT2D eigenvalue weighted by molar-refractivity contribution is 1.15. The average molecular weight is 579 g/mol. The van der Waals surface area contributed by atoms with Crippen LogP contribution >= 0.6 is 0 Å². The smallest absolute Gasteiger partial charge is 0.161 e. The van der Waals surface area contributed by atoms with Crippen molar-refractivity contribution in [3.63, 3.8) is 0 Å². The van der Waals surface area contributed by atoms with Crippen molar-refractivity contribution in [2.24, 2.45) is 9.98 Å². The highest BCUT2D eigenvalue weighted by Crippen LogP contribution is 2.41. The van der Waals surface area contributed by atoms with Gasteiger partial charge in [0.2, 0.25) is 0 Å². The van der Waals surface area contributed by atoms with E-state index in [9.17, 15) is 0 Å². The molecule has 0 aliphatic carbocycles. The summed E-state index contributed by atoms with van der Waals surface area (Å²) in [4.78, 5) is 10.3. The lowest BCUT2D eigenvalue weighted by atomic mass is 10.1. The Kier molecular flexibility index (Phi) is 6.46. The Morgan fingerprint density at radius 1 is 0.489 bits per heavy atom. The molecule has 0 amide bonds. The van der Waals surface area contributed by atoms with Crippen LogP contribution in [0.3, 0.4) is 0 Å². The average Bonchev–Trinajstić information content (AvgIpc) is 3.62. The van der Waals surface area contributed by atoms with E-state index in [0.717, 1.165) is 55.4 Å². The molecular weight excluding hydrogens is 548 g/mol. The summed E-state index contributed by atoms with van der Waals surface area (Å²) in [6.45, 7) is 6.63. The zero-order chi connectivity index (χ0) is 30.3. The van der Waals surface area contributed by atoms with Crippen molar-refractivity contribution in [2.45, 2.75) is 6.92 Å². The molecule has 0 saturated carbocycles. The van der Waals surface area contributed by atoms with Crippen molar-refractivity contribution < 1.29 is 0 Å². The van der Waals surface area contributed by atoms with Crippen LogP contribution in [-0.2, 0) is 0 Å². The molecule has 8 aromatic rings. The van der Waals surface area contributed by atoms with E-state index in [4.69, 9.17) is 9.98 Å². The van der Waals surface area contributed by atoms with Gasteiger partial charge in [0.25, 0.3) is 0 Å². The second-order valence-electron chi connectivity index (χ2n) is 11.2. The minimum atomic E-state index is 0.599. The number of amidine groups is 1. The van der Waals surface area contributed by atoms with Gasteiger partial charge in [-0.05, 0) is 36.8 Å². The highest BCUT2D eigenvalue weighted by atomic mass is 15.1. The quantitative estimate of drug-likeness (QED) is 0.144. The topological polar surface area (TPSA) is 34.6 Å². The zero-order valence-electron chi connectivity index (χ0n) is 24.9. The first kappa shape index (κ1) is 26.6. The predicted molar refractivity (Wildman–Crippen MR) is 191 cm³/mol. The molecule has 6 aromatic carbocycles. The number of benzene rings is 6. The molecule has 8 rings (SSSR count). The summed E-state index contributed by atoms with van der Waals surface area (Å²) in [7, 11) is 0. The van der Waals surface area contributed by atoms with Gasteiger partial charge in [-0.2, -0.15) is 0 Å². The Morgan fingerprint density at radius 2 is 1.00 bits per heavy atom. The number of rotatable bonds is 5. The van der Waals surface area contributed by atoms with Gasteiger partial charge in [0.1, 0.15) is 5.82 Å². The maximum Gasteiger partial charge on any atom is 0.161 e. The molecule has 214 valence electrons. The normalized spacial score (nSPS) is 12.5. The summed E-state index contributed by atoms with van der Waals surface area (Å²) < 4.78 is 4.58. The van der Waals surface area contributed by atoms with Crippen LogP contribution in [-0.4, -0.2) is 20.7 Å². The van der Waals surface area contributed by atoms with E-state index < -0.39 is 0 Å². The van der Waals surface area contributed by atoms with Crippen molar-refractivity contribution in [3.05, 3.63) is 169 Å². The van der Waals surface area contributed by atoms with Crippen molar-refractivity contribution in [2.75, 3.05) is 0 Å². The molecule has 2 aromatic heterocycles. The third-order valence-corrected chi connectivity index (χ3v) is 8.47. The summed E-state index contributed by atoms with van der Waals surface area (Å²) >= 11 is 0. The van der Waals surface area contributed by atoms with Crippen LogP contribution < -0.4 is 0 Å². The fourth-order valence-electron chi connectivity index (χ4n) is 6.43. The Bertz CT molecular complexity index is 2430. The fraction of sp³-hybridized carbons (Fsp3) is 0.0244. The van der Waals surface area contributed by atoms with E-state index in [1.165, 1.54) is 10.8 Å². The summed E-state index contributed by atoms with van der Waals surface area (Å²) in [5.41, 5.74) is 8.38. The lowest BCUT2D eigenvalue weighted by Gasteiger charge is -2.13. The van der Waals surface area contributed by atoms with Crippen LogP contribution in [0, 0.1) is 0 Å². The Morgan fingerprint density at radius 3 is 1.67 bits per heavy atom. The van der Waals surface area contributed by atoms with E-state index in [2.05, 4.69) is 119 Å². The molecule has 0 spiro atoms. The van der Waals surface area contributed by atoms with E-state index >= 15 is 0 Å². The molecule has 0 radical (unpaired) electrons. The van der Waals surface area contributed by atoms with Gasteiger partial charge in [0.15, 0.2) is 5.84 Å². The molecule has 0 aliphatic heterocycles. The summed E-state index contributed by atoms with van der Waals surface area (Å²) in [6, 6.07) is 52.6. The Balaban J connectivity index is 1.46. The summed E-state index contributed by atoms with van der Waals surface area (Å²) in [6.07, 6.45) is 0. The molecule has 0 N–H and O–H groups in total. The number of aliphatic imine (C=N–C) groups is 2. The standard InChI is InChI=1S/C41H30N4/c1-28(30-16-6-3-7-17-30)42-41(31-18-8-4-9-19-31)43-29(2)44-37-24-14-12-22-33(37)35-26-27-36-34-23-13-15-25-38(34)45(40(36)39(35)44)32-20-10-5-11-21-32/h3-27H,2H2,1H3. The largest absolute Gasteiger partial charge is 0.307 e. The summed E-state index contributed by atoms with van der Waals surface area (Å²) in [5.74, 6) is 1.21. The molecule has 4 nitrogen and oxygen atoms in total. The van der Waals surface area contributed by atoms with Crippen LogP contribution in [0.1, 0.15) is 18.1 Å². The first-order valence-electron chi connectivity index (χ1n) is 15.1. The molecule has 0 fully saturated rings. The Hall–Kier alpha value is -6.00. The highest BCUT2D eigenvalue weighted by molar-refractivity contribution is 6.24. The zero-order valence-corrected chi connectivity index (χ0v) is 24.9. The van der Waals surface area contributed by atoms with Crippen molar-refractivity contribution >= 4 is 61.0 Å². The van der Waals surface area contributed by atoms with Gasteiger partial charge in [-0.25, -0.2) is 9.98 Å². The predicted octanol–water partition coefficient (Wildman–Crippen LogP) is 10.3. The molecule has 0 atom stereocenters. The van der Waals surface area contributed by atoms with E-state index in [1.54, 1.807) is 0 Å². The molecule has 4 heteroatoms. The van der Waals surface area contributed by atoms with Gasteiger partial charge in [-0.3, -0.25) is 4.57 Å². The van der Waals surface area contributed by atoms with Gasteiger partial charge in [-0.1, -0.05) is 134 Å². The number of fused-ring (bicyclic) bond motifs is 7. The lowest BCUT2D eigenvalue weighted by Crippen LogP contribution is -2.06. The van der Waals surface area contributed by atoms with Crippen LogP contribution in [0.2, 0.25) is 0 Å². The fourth-order valence-corrected chi connectivity index (χ4v) is 6.43. The SMILES string of the molecule is C=C(N=C(N=C(C)c1ccccc1)c1ccccc1)n1c2ccccc2c2ccc3c4ccccc4n(-c4ccccc4)c3c21. The molecule has 0 aliphatic rings. The maximum absolute atomic E-state index is 5.21. The molecule has 0 unspecified atom stereocenters. The third-order valence-electron chi connectivity index (χ3n) is 8.47. The third kappa shape index (κ3) is 4.47. The van der Waals surface area contributed by atoms with Gasteiger partial charge < -0.3 is 4.57 Å². The number of para-hydroxylation sites is 3. The van der Waals surface area contributed by atoms with Gasteiger partial charge >= 0.3 is 0 Å². The molecule has 0 saturated heterocycles. The number of aromatic nitrogens is 2. The van der Waals surface area contributed by atoms with Crippen molar-refractivity contribution in [1.82, 2.24) is 9.13 Å². The first-order chi connectivity index (χ1) is 22.2. The van der Waals surface area contributed by atoms with E-state index in [0.29, 0.717) is 11.7 Å². The number of hydrogen-bond donors (Lipinski definition) is 0. The number of nitrogens with zero attached hydrogens (tertiary/aromatic N) is 4. The number of hydrogen-bond acceptors (Lipinski definition) is 1. The van der Waals surface area contributed by atoms with E-state index in [-0.39, 0.29) is 0 Å². The molecule has 45 heavy (non-hydrogen) atoms. The second kappa shape index (κ2) is 10.9. The van der Waals surface area contributed by atoms with Crippen molar-refractivity contribution in [1.29, 1.82) is 0 Å². The van der Waals surface area contributed by atoms with Crippen LogP contribution in [0.15, 0.2) is 168 Å². The van der Waals surface area contributed by atoms with Gasteiger partial charge in [-0.15, -0.1) is 0 Å². The summed E-state index contributed by atoms with van der Waals surface area (Å²) in [5, 5.41) is 4.70. The molecule has 2 heterocycles. The van der Waals surface area contributed by atoms with Gasteiger partial charge in [0.05, 0.1) is 22.1 Å². The van der Waals surface area contributed by atoms with Crippen LogP contribution in [0.25, 0.3) is 55.1 Å². The molecular formula is C41H30N4.